The van der Waals surface area contributed by atoms with Gasteiger partial charge in [-0.1, -0.05) is 26.3 Å². The largest absolute Gasteiger partial charge is 0.394 e. The smallest absolute Gasteiger partial charge is 0.351 e. The topological polar surface area (TPSA) is 18.5 Å². The van der Waals surface area contributed by atoms with Crippen molar-refractivity contribution in [1.29, 1.82) is 0 Å². The summed E-state index contributed by atoms with van der Waals surface area (Å²) in [6.07, 6.45) is 3.47. The highest BCUT2D eigenvalue weighted by Gasteiger charge is 2.15. The van der Waals surface area contributed by atoms with E-state index in [-0.39, 0.29) is 0 Å². The Bertz CT molecular complexity index is 131. The van der Waals surface area contributed by atoms with Crippen LogP contribution in [-0.2, 0) is 8.85 Å². The monoisotopic (exact) mass is 202 g/mol. The third kappa shape index (κ3) is 6.02. The highest BCUT2D eigenvalue weighted by Crippen LogP contribution is 2.10. The Kier molecular flexibility index (Phi) is 8.39. The van der Waals surface area contributed by atoms with E-state index in [1.54, 1.807) is 0 Å². The Morgan fingerprint density at radius 3 is 2.08 bits per heavy atom. The molecule has 0 atom stereocenters. The molecule has 0 aliphatic heterocycles. The molecule has 0 amide bonds. The molecule has 0 saturated heterocycles. The average Bonchev–Trinajstić information content (AvgIpc) is 2.14. The lowest BCUT2D eigenvalue weighted by Crippen LogP contribution is -2.25. The van der Waals surface area contributed by atoms with Crippen LogP contribution in [0.25, 0.3) is 0 Å². The number of hydrogen-bond donors (Lipinski definition) is 0. The minimum absolute atomic E-state index is 0.738. The molecule has 0 bridgehead atoms. The standard InChI is InChI=1S/C10H22O2Si/c1-5-8-9-10(4)13(11-6-2)12-7-3/h13H,4-9H2,1-3H3. The average molecular weight is 202 g/mol. The van der Waals surface area contributed by atoms with Crippen molar-refractivity contribution in [1.82, 2.24) is 0 Å². The van der Waals surface area contributed by atoms with Crippen molar-refractivity contribution in [2.24, 2.45) is 0 Å². The number of rotatable bonds is 8. The normalized spacial score (nSPS) is 10.8. The first-order valence-electron chi connectivity index (χ1n) is 5.17. The quantitative estimate of drug-likeness (QED) is 0.563. The van der Waals surface area contributed by atoms with Crippen molar-refractivity contribution in [3.05, 3.63) is 11.8 Å². The first-order chi connectivity index (χ1) is 6.26. The number of allylic oxidation sites excluding steroid dienone is 1. The maximum atomic E-state index is 5.56. The molecular weight excluding hydrogens is 180 g/mol. The van der Waals surface area contributed by atoms with Crippen molar-refractivity contribution in [3.8, 4) is 0 Å². The summed E-state index contributed by atoms with van der Waals surface area (Å²) in [6.45, 7) is 11.7. The molecule has 0 fully saturated rings. The molecular formula is C10H22O2Si. The molecule has 3 heteroatoms. The zero-order chi connectivity index (χ0) is 10.1. The summed E-state index contributed by atoms with van der Waals surface area (Å²) in [4.78, 5) is 0. The molecule has 2 nitrogen and oxygen atoms in total. The Hall–Kier alpha value is -0.123. The fourth-order valence-electron chi connectivity index (χ4n) is 1.11. The third-order valence-corrected chi connectivity index (χ3v) is 4.05. The molecule has 0 radical (unpaired) electrons. The van der Waals surface area contributed by atoms with Gasteiger partial charge in [0.25, 0.3) is 0 Å². The molecule has 0 rings (SSSR count). The highest BCUT2D eigenvalue weighted by molar-refractivity contribution is 6.53. The van der Waals surface area contributed by atoms with Crippen LogP contribution in [0.3, 0.4) is 0 Å². The Balaban J connectivity index is 3.80. The van der Waals surface area contributed by atoms with Crippen LogP contribution in [0, 0.1) is 0 Å². The van der Waals surface area contributed by atoms with Gasteiger partial charge in [-0.25, -0.2) is 0 Å². The van der Waals surface area contributed by atoms with E-state index in [2.05, 4.69) is 13.5 Å². The summed E-state index contributed by atoms with van der Waals surface area (Å²) in [5, 5.41) is 1.20. The summed E-state index contributed by atoms with van der Waals surface area (Å²) >= 11 is 0. The molecule has 13 heavy (non-hydrogen) atoms. The molecule has 78 valence electrons. The van der Waals surface area contributed by atoms with Gasteiger partial charge in [-0.2, -0.15) is 0 Å². The van der Waals surface area contributed by atoms with Crippen molar-refractivity contribution < 1.29 is 8.85 Å². The maximum absolute atomic E-state index is 5.56. The van der Waals surface area contributed by atoms with Gasteiger partial charge in [0.15, 0.2) is 0 Å². The van der Waals surface area contributed by atoms with Gasteiger partial charge in [0.2, 0.25) is 0 Å². The zero-order valence-corrected chi connectivity index (χ0v) is 10.3. The molecule has 0 heterocycles. The molecule has 0 aromatic heterocycles. The van der Waals surface area contributed by atoms with E-state index in [4.69, 9.17) is 8.85 Å². The minimum Gasteiger partial charge on any atom is -0.394 e. The molecule has 0 aliphatic rings. The van der Waals surface area contributed by atoms with Crippen molar-refractivity contribution in [3.63, 3.8) is 0 Å². The van der Waals surface area contributed by atoms with Gasteiger partial charge in [-0.05, 0) is 25.5 Å². The van der Waals surface area contributed by atoms with Crippen LogP contribution in [0.5, 0.6) is 0 Å². The van der Waals surface area contributed by atoms with Gasteiger partial charge in [-0.15, -0.1) is 0 Å². The molecule has 0 unspecified atom stereocenters. The Morgan fingerprint density at radius 2 is 1.69 bits per heavy atom. The predicted octanol–water partition coefficient (Wildman–Crippen LogP) is 2.57. The van der Waals surface area contributed by atoms with Crippen LogP contribution < -0.4 is 0 Å². The van der Waals surface area contributed by atoms with Crippen LogP contribution in [0.1, 0.15) is 40.0 Å². The summed E-state index contributed by atoms with van der Waals surface area (Å²) in [7, 11) is -1.55. The lowest BCUT2D eigenvalue weighted by molar-refractivity contribution is 0.220. The SMILES string of the molecule is C=C(CCCC)[SiH](OCC)OCC. The van der Waals surface area contributed by atoms with Gasteiger partial charge in [-0.3, -0.25) is 0 Å². The lowest BCUT2D eigenvalue weighted by atomic mass is 10.2. The van der Waals surface area contributed by atoms with Crippen LogP contribution in [0.15, 0.2) is 11.8 Å². The van der Waals surface area contributed by atoms with Gasteiger partial charge in [0.1, 0.15) is 0 Å². The van der Waals surface area contributed by atoms with Gasteiger partial charge >= 0.3 is 9.28 Å². The molecule has 0 N–H and O–H groups in total. The Labute approximate surface area is 83.8 Å². The number of unbranched alkanes of at least 4 members (excludes halogenated alkanes) is 1. The second-order valence-electron chi connectivity index (χ2n) is 3.00. The van der Waals surface area contributed by atoms with Crippen molar-refractivity contribution in [2.45, 2.75) is 40.0 Å². The molecule has 0 aromatic rings. The van der Waals surface area contributed by atoms with Crippen molar-refractivity contribution >= 4 is 9.28 Å². The zero-order valence-electron chi connectivity index (χ0n) is 9.14. The first-order valence-corrected chi connectivity index (χ1v) is 6.69. The van der Waals surface area contributed by atoms with Gasteiger partial charge < -0.3 is 8.85 Å². The number of hydrogen-bond acceptors (Lipinski definition) is 2. The van der Waals surface area contributed by atoms with E-state index in [1.807, 2.05) is 13.8 Å². The van der Waals surface area contributed by atoms with E-state index < -0.39 is 9.28 Å². The van der Waals surface area contributed by atoms with E-state index in [0.717, 1.165) is 19.6 Å². The maximum Gasteiger partial charge on any atom is 0.351 e. The van der Waals surface area contributed by atoms with Gasteiger partial charge in [0.05, 0.1) is 0 Å². The third-order valence-electron chi connectivity index (χ3n) is 1.82. The molecule has 0 spiro atoms. The van der Waals surface area contributed by atoms with E-state index in [0.29, 0.717) is 0 Å². The van der Waals surface area contributed by atoms with E-state index in [9.17, 15) is 0 Å². The Morgan fingerprint density at radius 1 is 1.15 bits per heavy atom. The van der Waals surface area contributed by atoms with Crippen LogP contribution in [0.4, 0.5) is 0 Å². The highest BCUT2D eigenvalue weighted by atomic mass is 28.3. The van der Waals surface area contributed by atoms with Crippen LogP contribution in [-0.4, -0.2) is 22.5 Å². The summed E-state index contributed by atoms with van der Waals surface area (Å²) in [6, 6.07) is 0. The summed E-state index contributed by atoms with van der Waals surface area (Å²) in [5.74, 6) is 0. The van der Waals surface area contributed by atoms with E-state index in [1.165, 1.54) is 18.0 Å². The summed E-state index contributed by atoms with van der Waals surface area (Å²) < 4.78 is 11.1. The molecule has 0 aromatic carbocycles. The second kappa shape index (κ2) is 8.47. The predicted molar refractivity (Wildman–Crippen MR) is 59.1 cm³/mol. The fourth-order valence-corrected chi connectivity index (χ4v) is 2.72. The van der Waals surface area contributed by atoms with Gasteiger partial charge in [0, 0.05) is 13.2 Å². The molecule has 0 saturated carbocycles. The minimum atomic E-state index is -1.55. The second-order valence-corrected chi connectivity index (χ2v) is 5.15. The van der Waals surface area contributed by atoms with Crippen LogP contribution in [0.2, 0.25) is 0 Å². The molecule has 0 aliphatic carbocycles. The first kappa shape index (κ1) is 12.9. The van der Waals surface area contributed by atoms with E-state index >= 15 is 0 Å². The lowest BCUT2D eigenvalue weighted by Gasteiger charge is -2.16. The fraction of sp³-hybridized carbons (Fsp3) is 0.800. The van der Waals surface area contributed by atoms with Crippen molar-refractivity contribution in [2.75, 3.05) is 13.2 Å². The van der Waals surface area contributed by atoms with Crippen LogP contribution >= 0.6 is 0 Å². The summed E-state index contributed by atoms with van der Waals surface area (Å²) in [5.41, 5.74) is 0.